The molecule has 2 heterocycles. The Labute approximate surface area is 235 Å². The van der Waals surface area contributed by atoms with Gasteiger partial charge in [-0.05, 0) is 48.0 Å². The summed E-state index contributed by atoms with van der Waals surface area (Å²) in [5.41, 5.74) is 1.66. The molecule has 2 N–H and O–H groups in total. The number of fused-ring (bicyclic) bond motifs is 1. The average Bonchev–Trinajstić information content (AvgIpc) is 3.13. The zero-order chi connectivity index (χ0) is 27.0. The van der Waals surface area contributed by atoms with Crippen molar-refractivity contribution in [1.29, 1.82) is 0 Å². The normalized spacial score (nSPS) is 18.7. The fourth-order valence-electron chi connectivity index (χ4n) is 5.07. The fourth-order valence-corrected chi connectivity index (χ4v) is 5.63. The van der Waals surface area contributed by atoms with Gasteiger partial charge in [0.2, 0.25) is 5.91 Å². The summed E-state index contributed by atoms with van der Waals surface area (Å²) in [7, 11) is 0. The summed E-state index contributed by atoms with van der Waals surface area (Å²) in [4.78, 5) is 42.5. The lowest BCUT2D eigenvalue weighted by molar-refractivity contribution is -0.130. The van der Waals surface area contributed by atoms with Crippen molar-refractivity contribution in [1.82, 2.24) is 9.80 Å². The van der Waals surface area contributed by atoms with E-state index in [1.165, 1.54) is 6.92 Å². The second kappa shape index (κ2) is 10.5. The van der Waals surface area contributed by atoms with Crippen molar-refractivity contribution in [2.24, 2.45) is 0 Å². The Balaban J connectivity index is 1.55. The van der Waals surface area contributed by atoms with Crippen molar-refractivity contribution < 1.29 is 14.4 Å². The predicted molar refractivity (Wildman–Crippen MR) is 150 cm³/mol. The van der Waals surface area contributed by atoms with E-state index in [9.17, 15) is 14.4 Å². The molecule has 0 spiro atoms. The minimum absolute atomic E-state index is 0.0140. The number of halogens is 3. The zero-order valence-electron chi connectivity index (χ0n) is 20.6. The third-order valence-electron chi connectivity index (χ3n) is 7.01. The van der Waals surface area contributed by atoms with Crippen molar-refractivity contribution in [2.45, 2.75) is 18.9 Å². The van der Waals surface area contributed by atoms with Gasteiger partial charge in [-0.25, -0.2) is 0 Å². The van der Waals surface area contributed by atoms with E-state index in [1.54, 1.807) is 52.3 Å². The van der Waals surface area contributed by atoms with Gasteiger partial charge in [0.05, 0.1) is 5.56 Å². The number of anilines is 2. The van der Waals surface area contributed by atoms with Crippen LogP contribution in [-0.4, -0.2) is 53.7 Å². The largest absolute Gasteiger partial charge is 0.367 e. The van der Waals surface area contributed by atoms with Gasteiger partial charge in [-0.1, -0.05) is 53.0 Å². The Bertz CT molecular complexity index is 1440. The molecule has 7 nitrogen and oxygen atoms in total. The smallest absolute Gasteiger partial charge is 0.256 e. The minimum atomic E-state index is -1.27. The van der Waals surface area contributed by atoms with Crippen LogP contribution in [0.25, 0.3) is 0 Å². The maximum Gasteiger partial charge on any atom is 0.256 e. The predicted octanol–water partition coefficient (Wildman–Crippen LogP) is 5.45. The van der Waals surface area contributed by atoms with Crippen LogP contribution in [0.4, 0.5) is 11.4 Å². The third kappa shape index (κ3) is 5.06. The highest BCUT2D eigenvalue weighted by molar-refractivity contribution is 6.32. The molecule has 38 heavy (non-hydrogen) atoms. The van der Waals surface area contributed by atoms with Crippen LogP contribution in [0.5, 0.6) is 0 Å². The molecule has 0 aromatic heterocycles. The summed E-state index contributed by atoms with van der Waals surface area (Å²) in [6, 6.07) is 17.5. The minimum Gasteiger partial charge on any atom is -0.367 e. The standard InChI is InChI=1S/C28H25Cl3N4O3/c1-17(36)34-9-11-35(12-10-34)26(37)22-7-5-20(30)14-24(22)33-28(16-18-3-2-4-19(29)13-18)23-8-6-21(31)15-25(23)32-27(28)38/h2-8,13-15,33H,9-12,16H2,1H3,(H,32,38). The lowest BCUT2D eigenvalue weighted by Gasteiger charge is -2.35. The Kier molecular flexibility index (Phi) is 7.27. The van der Waals surface area contributed by atoms with Crippen LogP contribution in [0.2, 0.25) is 15.1 Å². The first-order valence-electron chi connectivity index (χ1n) is 12.1. The summed E-state index contributed by atoms with van der Waals surface area (Å²) in [6.07, 6.45) is 0.255. The van der Waals surface area contributed by atoms with Crippen molar-refractivity contribution in [3.8, 4) is 0 Å². The number of benzene rings is 3. The molecule has 10 heteroatoms. The van der Waals surface area contributed by atoms with Gasteiger partial charge in [0.1, 0.15) is 5.54 Å². The second-order valence-electron chi connectivity index (χ2n) is 9.47. The molecule has 1 unspecified atom stereocenters. The number of rotatable bonds is 5. The molecule has 1 atom stereocenters. The van der Waals surface area contributed by atoms with Gasteiger partial charge in [0.25, 0.3) is 11.8 Å². The number of carbonyl (C=O) groups excluding carboxylic acids is 3. The third-order valence-corrected chi connectivity index (χ3v) is 7.71. The molecular formula is C28H25Cl3N4O3. The van der Waals surface area contributed by atoms with E-state index in [0.717, 1.165) is 5.56 Å². The maximum absolute atomic E-state index is 13.7. The lowest BCUT2D eigenvalue weighted by Crippen LogP contribution is -2.50. The first kappa shape index (κ1) is 26.4. The molecule has 3 amide bonds. The molecule has 5 rings (SSSR count). The molecule has 2 aliphatic rings. The highest BCUT2D eigenvalue weighted by Gasteiger charge is 2.47. The molecular weight excluding hydrogens is 547 g/mol. The number of hydrogen-bond donors (Lipinski definition) is 2. The SMILES string of the molecule is CC(=O)N1CCN(C(=O)c2ccc(Cl)cc2NC2(Cc3cccc(Cl)c3)C(=O)Nc3cc(Cl)ccc32)CC1. The summed E-state index contributed by atoms with van der Waals surface area (Å²) in [5.74, 6) is -0.511. The lowest BCUT2D eigenvalue weighted by atomic mass is 9.84. The van der Waals surface area contributed by atoms with Crippen molar-refractivity contribution >= 4 is 63.9 Å². The van der Waals surface area contributed by atoms with E-state index >= 15 is 0 Å². The number of nitrogens with zero attached hydrogens (tertiary/aromatic N) is 2. The van der Waals surface area contributed by atoms with Gasteiger partial charge >= 0.3 is 0 Å². The monoisotopic (exact) mass is 570 g/mol. The summed E-state index contributed by atoms with van der Waals surface area (Å²) in [5, 5.41) is 7.81. The van der Waals surface area contributed by atoms with Gasteiger partial charge in [-0.2, -0.15) is 0 Å². The number of nitrogens with one attached hydrogen (secondary N) is 2. The first-order chi connectivity index (χ1) is 18.2. The van der Waals surface area contributed by atoms with E-state index in [-0.39, 0.29) is 24.1 Å². The Morgan fingerprint density at radius 3 is 2.26 bits per heavy atom. The second-order valence-corrected chi connectivity index (χ2v) is 10.8. The Morgan fingerprint density at radius 2 is 1.55 bits per heavy atom. The number of amides is 3. The van der Waals surface area contributed by atoms with Crippen LogP contribution in [0.3, 0.4) is 0 Å². The molecule has 0 bridgehead atoms. The van der Waals surface area contributed by atoms with Gasteiger partial charge < -0.3 is 20.4 Å². The van der Waals surface area contributed by atoms with Crippen LogP contribution >= 0.6 is 34.8 Å². The summed E-state index contributed by atoms with van der Waals surface area (Å²) < 4.78 is 0. The van der Waals surface area contributed by atoms with E-state index in [1.807, 2.05) is 18.2 Å². The zero-order valence-corrected chi connectivity index (χ0v) is 22.8. The van der Waals surface area contributed by atoms with Crippen LogP contribution in [0.15, 0.2) is 60.7 Å². The fraction of sp³-hybridized carbons (Fsp3) is 0.250. The van der Waals surface area contributed by atoms with Crippen molar-refractivity contribution in [3.63, 3.8) is 0 Å². The Hall–Kier alpha value is -3.26. The number of hydrogen-bond acceptors (Lipinski definition) is 4. The molecule has 2 aliphatic heterocycles. The van der Waals surface area contributed by atoms with Crippen LogP contribution < -0.4 is 10.6 Å². The van der Waals surface area contributed by atoms with Gasteiger partial charge in [-0.3, -0.25) is 14.4 Å². The molecule has 1 saturated heterocycles. The Morgan fingerprint density at radius 1 is 0.895 bits per heavy atom. The molecule has 0 saturated carbocycles. The maximum atomic E-state index is 13.7. The van der Waals surface area contributed by atoms with Gasteiger partial charge in [-0.15, -0.1) is 0 Å². The number of carbonyl (C=O) groups is 3. The van der Waals surface area contributed by atoms with E-state index in [2.05, 4.69) is 10.6 Å². The van der Waals surface area contributed by atoms with E-state index < -0.39 is 5.54 Å². The highest BCUT2D eigenvalue weighted by Crippen LogP contribution is 2.43. The van der Waals surface area contributed by atoms with E-state index in [4.69, 9.17) is 34.8 Å². The molecule has 1 fully saturated rings. The topological polar surface area (TPSA) is 81.8 Å². The molecule has 3 aromatic carbocycles. The molecule has 196 valence electrons. The summed E-state index contributed by atoms with van der Waals surface area (Å²) >= 11 is 18.9. The molecule has 0 radical (unpaired) electrons. The van der Waals surface area contributed by atoms with E-state index in [0.29, 0.717) is 63.7 Å². The van der Waals surface area contributed by atoms with Gasteiger partial charge in [0.15, 0.2) is 0 Å². The van der Waals surface area contributed by atoms with Crippen molar-refractivity contribution in [2.75, 3.05) is 36.8 Å². The van der Waals surface area contributed by atoms with Gasteiger partial charge in [0, 0.05) is 71.5 Å². The van der Waals surface area contributed by atoms with Crippen molar-refractivity contribution in [3.05, 3.63) is 92.4 Å². The molecule has 0 aliphatic carbocycles. The van der Waals surface area contributed by atoms with Crippen LogP contribution in [-0.2, 0) is 21.5 Å². The summed E-state index contributed by atoms with van der Waals surface area (Å²) in [6.45, 7) is 3.28. The quantitative estimate of drug-likeness (QED) is 0.427. The molecule has 3 aromatic rings. The average molecular weight is 572 g/mol. The number of piperazine rings is 1. The first-order valence-corrected chi connectivity index (χ1v) is 13.3. The van der Waals surface area contributed by atoms with Crippen LogP contribution in [0.1, 0.15) is 28.4 Å². The van der Waals surface area contributed by atoms with Crippen LogP contribution in [0, 0.1) is 0 Å². The highest BCUT2D eigenvalue weighted by atomic mass is 35.5.